The van der Waals surface area contributed by atoms with Crippen LogP contribution in [0.25, 0.3) is 0 Å². The Morgan fingerprint density at radius 1 is 1.09 bits per heavy atom. The van der Waals surface area contributed by atoms with E-state index >= 15 is 0 Å². The van der Waals surface area contributed by atoms with Crippen LogP contribution >= 0.6 is 0 Å². The molecular formula is C17H16N2O3S. The van der Waals surface area contributed by atoms with Gasteiger partial charge in [-0.2, -0.15) is 0 Å². The SMILES string of the molecule is CS(=O)(=O)c1ccc(C23NCCN2C(=O)c2ccccc23)cc1. The number of sulfone groups is 1. The fraction of sp³-hybridized carbons (Fsp3) is 0.235. The standard InChI is InChI=1S/C17H16N2O3S/c1-23(21,22)13-8-6-12(7-9-13)17-15-5-3-2-4-14(15)16(20)19(17)11-10-18-17/h2-9,18H,10-11H2,1H3. The topological polar surface area (TPSA) is 66.5 Å². The van der Waals surface area contributed by atoms with Gasteiger partial charge < -0.3 is 4.90 Å². The van der Waals surface area contributed by atoms with Crippen LogP contribution < -0.4 is 5.32 Å². The second kappa shape index (κ2) is 4.66. The summed E-state index contributed by atoms with van der Waals surface area (Å²) < 4.78 is 23.3. The number of carbonyl (C=O) groups is 1. The summed E-state index contributed by atoms with van der Waals surface area (Å²) in [7, 11) is -3.24. The van der Waals surface area contributed by atoms with Gasteiger partial charge in [0, 0.05) is 30.5 Å². The van der Waals surface area contributed by atoms with E-state index in [1.54, 1.807) is 24.3 Å². The molecule has 4 rings (SSSR count). The van der Waals surface area contributed by atoms with Gasteiger partial charge in [0.2, 0.25) is 0 Å². The third-order valence-electron chi connectivity index (χ3n) is 4.61. The Hall–Kier alpha value is -2.18. The first-order chi connectivity index (χ1) is 10.9. The van der Waals surface area contributed by atoms with Gasteiger partial charge in [-0.15, -0.1) is 0 Å². The molecule has 1 fully saturated rings. The van der Waals surface area contributed by atoms with Crippen molar-refractivity contribution in [1.82, 2.24) is 10.2 Å². The number of rotatable bonds is 2. The molecule has 1 atom stereocenters. The molecule has 2 aromatic carbocycles. The molecule has 0 spiro atoms. The molecule has 0 saturated carbocycles. The second-order valence-corrected chi connectivity index (χ2v) is 7.95. The van der Waals surface area contributed by atoms with Gasteiger partial charge >= 0.3 is 0 Å². The highest BCUT2D eigenvalue weighted by Gasteiger charge is 2.53. The van der Waals surface area contributed by atoms with Crippen LogP contribution in [0, 0.1) is 0 Å². The molecule has 5 nitrogen and oxygen atoms in total. The number of nitrogens with one attached hydrogen (secondary N) is 1. The fourth-order valence-corrected chi connectivity index (χ4v) is 4.22. The lowest BCUT2D eigenvalue weighted by Crippen LogP contribution is -2.46. The smallest absolute Gasteiger partial charge is 0.256 e. The number of benzene rings is 2. The Kier molecular flexibility index (Phi) is 2.92. The average Bonchev–Trinajstić information content (AvgIpc) is 3.07. The van der Waals surface area contributed by atoms with E-state index in [9.17, 15) is 13.2 Å². The van der Waals surface area contributed by atoms with Crippen molar-refractivity contribution < 1.29 is 13.2 Å². The first kappa shape index (κ1) is 14.4. The van der Waals surface area contributed by atoms with E-state index in [0.717, 1.165) is 11.1 Å². The Bertz CT molecular complexity index is 906. The van der Waals surface area contributed by atoms with Gasteiger partial charge in [-0.05, 0) is 23.8 Å². The van der Waals surface area contributed by atoms with E-state index in [1.807, 2.05) is 29.2 Å². The third-order valence-corrected chi connectivity index (χ3v) is 5.74. The number of nitrogens with zero attached hydrogens (tertiary/aromatic N) is 1. The fourth-order valence-electron chi connectivity index (χ4n) is 3.59. The molecule has 2 aliphatic rings. The lowest BCUT2D eigenvalue weighted by Gasteiger charge is -2.33. The normalized spacial score (nSPS) is 23.0. The molecule has 2 aliphatic heterocycles. The van der Waals surface area contributed by atoms with Crippen molar-refractivity contribution in [1.29, 1.82) is 0 Å². The minimum atomic E-state index is -3.24. The number of hydrogen-bond donors (Lipinski definition) is 1. The summed E-state index contributed by atoms with van der Waals surface area (Å²) in [6, 6.07) is 14.3. The van der Waals surface area contributed by atoms with E-state index in [4.69, 9.17) is 0 Å². The van der Waals surface area contributed by atoms with Crippen molar-refractivity contribution in [3.8, 4) is 0 Å². The molecule has 1 N–H and O–H groups in total. The van der Waals surface area contributed by atoms with E-state index < -0.39 is 15.5 Å². The monoisotopic (exact) mass is 328 g/mol. The van der Waals surface area contributed by atoms with Crippen molar-refractivity contribution in [2.24, 2.45) is 0 Å². The molecule has 6 heteroatoms. The Morgan fingerprint density at radius 3 is 2.48 bits per heavy atom. The maximum absolute atomic E-state index is 12.7. The summed E-state index contributed by atoms with van der Waals surface area (Å²) in [5.41, 5.74) is 1.81. The van der Waals surface area contributed by atoms with Crippen LogP contribution in [-0.4, -0.2) is 38.6 Å². The zero-order valence-electron chi connectivity index (χ0n) is 12.6. The van der Waals surface area contributed by atoms with Gasteiger partial charge in [0.05, 0.1) is 4.90 Å². The van der Waals surface area contributed by atoms with Crippen LogP contribution in [0.2, 0.25) is 0 Å². The molecule has 118 valence electrons. The summed E-state index contributed by atoms with van der Waals surface area (Å²) in [5.74, 6) is 0.0118. The van der Waals surface area contributed by atoms with E-state index in [2.05, 4.69) is 5.32 Å². The molecule has 0 aromatic heterocycles. The van der Waals surface area contributed by atoms with Gasteiger partial charge in [-0.1, -0.05) is 30.3 Å². The maximum atomic E-state index is 12.7. The van der Waals surface area contributed by atoms with Gasteiger partial charge in [-0.25, -0.2) is 8.42 Å². The van der Waals surface area contributed by atoms with Crippen molar-refractivity contribution >= 4 is 15.7 Å². The lowest BCUT2D eigenvalue weighted by molar-refractivity contribution is 0.0694. The molecular weight excluding hydrogens is 312 g/mol. The number of carbonyl (C=O) groups excluding carboxylic acids is 1. The highest BCUT2D eigenvalue weighted by atomic mass is 32.2. The van der Waals surface area contributed by atoms with Crippen LogP contribution in [0.1, 0.15) is 21.5 Å². The molecule has 2 heterocycles. The summed E-state index contributed by atoms with van der Waals surface area (Å²) in [6.07, 6.45) is 1.19. The van der Waals surface area contributed by atoms with Gasteiger partial charge in [0.25, 0.3) is 5.91 Å². The molecule has 0 aliphatic carbocycles. The maximum Gasteiger partial charge on any atom is 0.256 e. The predicted octanol–water partition coefficient (Wildman–Crippen LogP) is 1.35. The molecule has 2 aromatic rings. The van der Waals surface area contributed by atoms with Crippen LogP contribution in [-0.2, 0) is 15.5 Å². The third kappa shape index (κ3) is 1.88. The zero-order chi connectivity index (χ0) is 16.2. The number of amides is 1. The van der Waals surface area contributed by atoms with E-state index in [1.165, 1.54) is 6.26 Å². The van der Waals surface area contributed by atoms with Crippen LogP contribution in [0.4, 0.5) is 0 Å². The highest BCUT2D eigenvalue weighted by Crippen LogP contribution is 2.44. The van der Waals surface area contributed by atoms with Crippen molar-refractivity contribution in [3.63, 3.8) is 0 Å². The molecule has 23 heavy (non-hydrogen) atoms. The molecule has 1 saturated heterocycles. The molecule has 1 unspecified atom stereocenters. The summed E-state index contributed by atoms with van der Waals surface area (Å²) in [5, 5.41) is 3.45. The quantitative estimate of drug-likeness (QED) is 0.904. The van der Waals surface area contributed by atoms with Gasteiger partial charge in [-0.3, -0.25) is 10.1 Å². The largest absolute Gasteiger partial charge is 0.311 e. The predicted molar refractivity (Wildman–Crippen MR) is 85.8 cm³/mol. The van der Waals surface area contributed by atoms with Crippen molar-refractivity contribution in [3.05, 3.63) is 65.2 Å². The molecule has 0 bridgehead atoms. The second-order valence-electron chi connectivity index (χ2n) is 5.94. The average molecular weight is 328 g/mol. The molecule has 1 amide bonds. The van der Waals surface area contributed by atoms with Gasteiger partial charge in [0.1, 0.15) is 5.66 Å². The van der Waals surface area contributed by atoms with Crippen LogP contribution in [0.15, 0.2) is 53.4 Å². The van der Waals surface area contributed by atoms with Crippen LogP contribution in [0.5, 0.6) is 0 Å². The Labute approximate surface area is 134 Å². The number of hydrogen-bond acceptors (Lipinski definition) is 4. The minimum Gasteiger partial charge on any atom is -0.311 e. The van der Waals surface area contributed by atoms with Crippen LogP contribution in [0.3, 0.4) is 0 Å². The lowest BCUT2D eigenvalue weighted by atomic mass is 9.91. The van der Waals surface area contributed by atoms with Gasteiger partial charge in [0.15, 0.2) is 9.84 Å². The summed E-state index contributed by atoms with van der Waals surface area (Å²) in [6.45, 7) is 1.33. The first-order valence-electron chi connectivity index (χ1n) is 7.42. The Morgan fingerprint density at radius 2 is 1.78 bits per heavy atom. The van der Waals surface area contributed by atoms with Crippen molar-refractivity contribution in [2.45, 2.75) is 10.6 Å². The summed E-state index contributed by atoms with van der Waals surface area (Å²) >= 11 is 0. The summed E-state index contributed by atoms with van der Waals surface area (Å²) in [4.78, 5) is 14.8. The molecule has 0 radical (unpaired) electrons. The zero-order valence-corrected chi connectivity index (χ0v) is 13.4. The van der Waals surface area contributed by atoms with E-state index in [0.29, 0.717) is 18.7 Å². The van der Waals surface area contributed by atoms with Crippen molar-refractivity contribution in [2.75, 3.05) is 19.3 Å². The first-order valence-corrected chi connectivity index (χ1v) is 9.31. The Balaban J connectivity index is 1.91. The van der Waals surface area contributed by atoms with E-state index in [-0.39, 0.29) is 10.8 Å². The number of fused-ring (bicyclic) bond motifs is 3. The minimum absolute atomic E-state index is 0.0118. The highest BCUT2D eigenvalue weighted by molar-refractivity contribution is 7.90.